The van der Waals surface area contributed by atoms with E-state index in [4.69, 9.17) is 9.63 Å². The van der Waals surface area contributed by atoms with Crippen LogP contribution in [0.3, 0.4) is 0 Å². The third-order valence-electron chi connectivity index (χ3n) is 3.22. The van der Waals surface area contributed by atoms with Crippen molar-refractivity contribution in [3.8, 4) is 0 Å². The molecule has 98 valence electrons. The smallest absolute Gasteiger partial charge is 0.303 e. The average Bonchev–Trinajstić information content (AvgIpc) is 2.89. The van der Waals surface area contributed by atoms with Gasteiger partial charge in [-0.25, -0.2) is 0 Å². The van der Waals surface area contributed by atoms with Crippen molar-refractivity contribution in [1.29, 1.82) is 0 Å². The van der Waals surface area contributed by atoms with Crippen LogP contribution in [0.25, 0.3) is 0 Å². The lowest BCUT2D eigenvalue weighted by molar-refractivity contribution is -0.137. The van der Waals surface area contributed by atoms with Crippen molar-refractivity contribution >= 4 is 11.9 Å². The fourth-order valence-electron chi connectivity index (χ4n) is 2.29. The Labute approximate surface area is 105 Å². The van der Waals surface area contributed by atoms with E-state index in [1.54, 1.807) is 11.0 Å². The van der Waals surface area contributed by atoms with E-state index in [2.05, 4.69) is 5.16 Å². The maximum Gasteiger partial charge on any atom is 0.303 e. The summed E-state index contributed by atoms with van der Waals surface area (Å²) >= 11 is 0. The van der Waals surface area contributed by atoms with E-state index in [0.29, 0.717) is 19.5 Å². The predicted octanol–water partition coefficient (Wildman–Crippen LogP) is 1.39. The first-order valence-electron chi connectivity index (χ1n) is 6.08. The fraction of sp³-hybridized carbons (Fsp3) is 0.583. The van der Waals surface area contributed by atoms with Crippen molar-refractivity contribution in [2.24, 2.45) is 5.92 Å². The topological polar surface area (TPSA) is 83.6 Å². The summed E-state index contributed by atoms with van der Waals surface area (Å²) in [4.78, 5) is 24.3. The number of rotatable bonds is 4. The fourth-order valence-corrected chi connectivity index (χ4v) is 2.29. The highest BCUT2D eigenvalue weighted by atomic mass is 16.5. The summed E-state index contributed by atoms with van der Waals surface area (Å²) < 4.78 is 4.85. The van der Waals surface area contributed by atoms with Gasteiger partial charge in [0.05, 0.1) is 6.20 Å². The zero-order chi connectivity index (χ0) is 13.0. The molecule has 18 heavy (non-hydrogen) atoms. The molecule has 1 fully saturated rings. The molecule has 0 aromatic carbocycles. The van der Waals surface area contributed by atoms with Crippen LogP contribution in [0.15, 0.2) is 16.8 Å². The van der Waals surface area contributed by atoms with E-state index < -0.39 is 5.97 Å². The van der Waals surface area contributed by atoms with E-state index in [-0.39, 0.29) is 24.0 Å². The molecule has 1 N–H and O–H groups in total. The highest BCUT2D eigenvalue weighted by Gasteiger charge is 2.26. The Balaban J connectivity index is 1.90. The van der Waals surface area contributed by atoms with Gasteiger partial charge in [0.1, 0.15) is 0 Å². The van der Waals surface area contributed by atoms with Crippen molar-refractivity contribution in [2.75, 3.05) is 13.1 Å². The van der Waals surface area contributed by atoms with Crippen molar-refractivity contribution < 1.29 is 19.2 Å². The van der Waals surface area contributed by atoms with Crippen LogP contribution in [0, 0.1) is 5.92 Å². The van der Waals surface area contributed by atoms with Crippen LogP contribution in [0.5, 0.6) is 0 Å². The minimum Gasteiger partial charge on any atom is -0.481 e. The summed E-state index contributed by atoms with van der Waals surface area (Å²) in [7, 11) is 0. The molecule has 2 heterocycles. The number of carboxylic acid groups (broad SMARTS) is 1. The van der Waals surface area contributed by atoms with Gasteiger partial charge in [0.25, 0.3) is 5.91 Å². The van der Waals surface area contributed by atoms with E-state index in [1.807, 2.05) is 0 Å². The highest BCUT2D eigenvalue weighted by Crippen LogP contribution is 2.22. The number of carboxylic acids is 1. The average molecular weight is 252 g/mol. The van der Waals surface area contributed by atoms with Crippen LogP contribution < -0.4 is 0 Å². The minimum atomic E-state index is -0.784. The van der Waals surface area contributed by atoms with Gasteiger partial charge < -0.3 is 14.5 Å². The monoisotopic (exact) mass is 252 g/mol. The quantitative estimate of drug-likeness (QED) is 0.875. The number of likely N-dealkylation sites (tertiary alicyclic amines) is 1. The van der Waals surface area contributed by atoms with Crippen molar-refractivity contribution in [3.63, 3.8) is 0 Å². The third kappa shape index (κ3) is 3.09. The van der Waals surface area contributed by atoms with E-state index in [1.165, 1.54) is 6.20 Å². The van der Waals surface area contributed by atoms with Gasteiger partial charge in [-0.3, -0.25) is 9.59 Å². The number of nitrogens with zero attached hydrogens (tertiary/aromatic N) is 2. The minimum absolute atomic E-state index is 0.160. The first-order chi connectivity index (χ1) is 8.66. The lowest BCUT2D eigenvalue weighted by atomic mass is 9.93. The Bertz CT molecular complexity index is 416. The molecular weight excluding hydrogens is 236 g/mol. The van der Waals surface area contributed by atoms with E-state index in [0.717, 1.165) is 12.8 Å². The molecule has 1 aromatic heterocycles. The lowest BCUT2D eigenvalue weighted by Gasteiger charge is -2.31. The van der Waals surface area contributed by atoms with E-state index in [9.17, 15) is 9.59 Å². The molecule has 1 saturated heterocycles. The number of carbonyl (C=O) groups excluding carboxylic acids is 1. The molecule has 1 unspecified atom stereocenters. The molecule has 6 heteroatoms. The largest absolute Gasteiger partial charge is 0.481 e. The Morgan fingerprint density at radius 1 is 1.56 bits per heavy atom. The molecule has 1 aromatic rings. The molecule has 1 aliphatic rings. The Kier molecular flexibility index (Phi) is 3.96. The normalized spacial score (nSPS) is 19.8. The number of aromatic nitrogens is 1. The SMILES string of the molecule is O=C(O)CCC1CCCN(C(=O)c2ccno2)C1. The molecule has 0 aliphatic carbocycles. The van der Waals surface area contributed by atoms with Gasteiger partial charge in [-0.05, 0) is 25.2 Å². The molecule has 0 spiro atoms. The van der Waals surface area contributed by atoms with Crippen molar-refractivity contribution in [3.05, 3.63) is 18.0 Å². The number of amides is 1. The van der Waals surface area contributed by atoms with Crippen LogP contribution in [0.1, 0.15) is 36.2 Å². The number of aliphatic carboxylic acids is 1. The van der Waals surface area contributed by atoms with Gasteiger partial charge in [-0.2, -0.15) is 0 Å². The molecule has 1 amide bonds. The summed E-state index contributed by atoms with van der Waals surface area (Å²) in [5.41, 5.74) is 0. The van der Waals surface area contributed by atoms with Crippen LogP contribution >= 0.6 is 0 Å². The van der Waals surface area contributed by atoms with Crippen LogP contribution in [-0.4, -0.2) is 40.1 Å². The summed E-state index contributed by atoms with van der Waals surface area (Å²) in [5, 5.41) is 12.2. The van der Waals surface area contributed by atoms with Crippen molar-refractivity contribution in [1.82, 2.24) is 10.1 Å². The Hall–Kier alpha value is -1.85. The summed E-state index contributed by atoms with van der Waals surface area (Å²) in [6, 6.07) is 1.54. The third-order valence-corrected chi connectivity index (χ3v) is 3.22. The second-order valence-electron chi connectivity index (χ2n) is 4.57. The molecule has 0 radical (unpaired) electrons. The van der Waals surface area contributed by atoms with Gasteiger partial charge >= 0.3 is 5.97 Å². The predicted molar refractivity (Wildman–Crippen MR) is 62.0 cm³/mol. The zero-order valence-corrected chi connectivity index (χ0v) is 10.0. The molecular formula is C12H16N2O4. The van der Waals surface area contributed by atoms with Gasteiger partial charge in [0.2, 0.25) is 5.76 Å². The maximum atomic E-state index is 12.0. The zero-order valence-electron chi connectivity index (χ0n) is 10.0. The van der Waals surface area contributed by atoms with Gasteiger partial charge in [0, 0.05) is 25.6 Å². The molecule has 1 aliphatic heterocycles. The molecule has 0 saturated carbocycles. The van der Waals surface area contributed by atoms with Gasteiger partial charge in [0.15, 0.2) is 0 Å². The number of hydrogen-bond donors (Lipinski definition) is 1. The molecule has 1 atom stereocenters. The lowest BCUT2D eigenvalue weighted by Crippen LogP contribution is -2.39. The van der Waals surface area contributed by atoms with Crippen LogP contribution in [-0.2, 0) is 4.79 Å². The molecule has 2 rings (SSSR count). The highest BCUT2D eigenvalue weighted by molar-refractivity contribution is 5.91. The first kappa shape index (κ1) is 12.6. The van der Waals surface area contributed by atoms with Crippen LogP contribution in [0.4, 0.5) is 0 Å². The first-order valence-corrected chi connectivity index (χ1v) is 6.08. The standard InChI is InChI=1S/C12H16N2O4/c15-11(16)4-3-9-2-1-7-14(8-9)12(17)10-5-6-13-18-10/h5-6,9H,1-4,7-8H2,(H,15,16). The molecule has 0 bridgehead atoms. The number of hydrogen-bond acceptors (Lipinski definition) is 4. The Morgan fingerprint density at radius 3 is 3.06 bits per heavy atom. The van der Waals surface area contributed by atoms with Crippen LogP contribution in [0.2, 0.25) is 0 Å². The number of carbonyl (C=O) groups is 2. The summed E-state index contributed by atoms with van der Waals surface area (Å²) in [5.74, 6) is -0.434. The van der Waals surface area contributed by atoms with Crippen molar-refractivity contribution in [2.45, 2.75) is 25.7 Å². The second kappa shape index (κ2) is 5.66. The Morgan fingerprint density at radius 2 is 2.39 bits per heavy atom. The molecule has 6 nitrogen and oxygen atoms in total. The summed E-state index contributed by atoms with van der Waals surface area (Å²) in [6.45, 7) is 1.30. The van der Waals surface area contributed by atoms with E-state index >= 15 is 0 Å². The number of piperidine rings is 1. The second-order valence-corrected chi connectivity index (χ2v) is 4.57. The van der Waals surface area contributed by atoms with Gasteiger partial charge in [-0.15, -0.1) is 0 Å². The maximum absolute atomic E-state index is 12.0. The van der Waals surface area contributed by atoms with Gasteiger partial charge in [-0.1, -0.05) is 5.16 Å². The summed E-state index contributed by atoms with van der Waals surface area (Å²) in [6.07, 6.45) is 4.11.